The minimum absolute atomic E-state index is 0.776. The fourth-order valence-electron chi connectivity index (χ4n) is 5.09. The highest BCUT2D eigenvalue weighted by Gasteiger charge is 2.27. The van der Waals surface area contributed by atoms with Crippen molar-refractivity contribution in [2.45, 2.75) is 12.8 Å². The maximum absolute atomic E-state index is 5.27. The molecule has 0 saturated heterocycles. The normalized spacial score (nSPS) is 12.0. The number of benzene rings is 4. The third-order valence-electron chi connectivity index (χ3n) is 6.95. The lowest BCUT2D eigenvalue weighted by molar-refractivity contribution is 0.839. The van der Waals surface area contributed by atoms with Crippen LogP contribution in [0.15, 0.2) is 121 Å². The van der Waals surface area contributed by atoms with Crippen LogP contribution in [0.3, 0.4) is 0 Å². The molecule has 38 heavy (non-hydrogen) atoms. The van der Waals surface area contributed by atoms with Gasteiger partial charge in [0.2, 0.25) is 0 Å². The number of nitrogens with zero attached hydrogens (tertiary/aromatic N) is 4. The van der Waals surface area contributed by atoms with Crippen molar-refractivity contribution in [2.24, 2.45) is 0 Å². The summed E-state index contributed by atoms with van der Waals surface area (Å²) in [5.41, 5.74) is 11.3. The molecule has 1 aliphatic carbocycles. The Labute approximate surface area is 221 Å². The number of aromatic nitrogens is 4. The highest BCUT2D eigenvalue weighted by molar-refractivity contribution is 5.83. The summed E-state index contributed by atoms with van der Waals surface area (Å²) in [6.07, 6.45) is 1.55. The molecule has 0 bridgehead atoms. The number of fused-ring (bicyclic) bond motifs is 3. The van der Waals surface area contributed by atoms with E-state index in [-0.39, 0.29) is 0 Å². The molecule has 0 saturated carbocycles. The Bertz CT molecular complexity index is 1600. The first kappa shape index (κ1) is 22.3. The lowest BCUT2D eigenvalue weighted by Gasteiger charge is -2.22. The molecule has 6 aromatic rings. The summed E-state index contributed by atoms with van der Waals surface area (Å²) in [6, 6.07) is 41.2. The zero-order valence-electron chi connectivity index (χ0n) is 20.8. The van der Waals surface area contributed by atoms with Gasteiger partial charge in [0.1, 0.15) is 11.4 Å². The molecule has 4 heteroatoms. The molecule has 0 radical (unpaired) electrons. The SMILES string of the molecule is c1ccc(-c2nc3c(nc2-c2ccccc2)-c2nc(-c4ccccc4)c(-c4ccccc4)nc2CC3)cc1. The van der Waals surface area contributed by atoms with Crippen molar-refractivity contribution in [3.63, 3.8) is 0 Å². The minimum atomic E-state index is 0.776. The molecule has 4 aromatic carbocycles. The number of hydrogen-bond donors (Lipinski definition) is 0. The third kappa shape index (κ3) is 3.97. The van der Waals surface area contributed by atoms with Crippen molar-refractivity contribution in [1.82, 2.24) is 19.9 Å². The van der Waals surface area contributed by atoms with Gasteiger partial charge in [0.05, 0.1) is 34.2 Å². The maximum Gasteiger partial charge on any atom is 0.113 e. The predicted octanol–water partition coefficient (Wildman–Crippen LogP) is 7.70. The van der Waals surface area contributed by atoms with Crippen molar-refractivity contribution >= 4 is 0 Å². The Kier molecular flexibility index (Phi) is 5.56. The zero-order chi connectivity index (χ0) is 25.3. The molecule has 2 heterocycles. The first-order valence-corrected chi connectivity index (χ1v) is 12.9. The van der Waals surface area contributed by atoms with E-state index in [0.29, 0.717) is 0 Å². The fourth-order valence-corrected chi connectivity index (χ4v) is 5.09. The number of rotatable bonds is 4. The summed E-state index contributed by atoms with van der Waals surface area (Å²) >= 11 is 0. The first-order valence-electron chi connectivity index (χ1n) is 12.9. The van der Waals surface area contributed by atoms with Crippen molar-refractivity contribution in [1.29, 1.82) is 0 Å². The maximum atomic E-state index is 5.27. The molecule has 1 aliphatic rings. The molecule has 2 aromatic heterocycles. The average Bonchev–Trinajstić information content (AvgIpc) is 3.01. The van der Waals surface area contributed by atoms with Crippen LogP contribution in [0.4, 0.5) is 0 Å². The van der Waals surface area contributed by atoms with Crippen LogP contribution in [-0.2, 0) is 12.8 Å². The second-order valence-corrected chi connectivity index (χ2v) is 9.40. The van der Waals surface area contributed by atoms with E-state index in [0.717, 1.165) is 80.6 Å². The van der Waals surface area contributed by atoms with Gasteiger partial charge in [-0.1, -0.05) is 121 Å². The molecule has 0 aliphatic heterocycles. The lowest BCUT2D eigenvalue weighted by Crippen LogP contribution is -2.14. The van der Waals surface area contributed by atoms with E-state index in [1.807, 2.05) is 72.8 Å². The molecule has 4 nitrogen and oxygen atoms in total. The number of aryl methyl sites for hydroxylation is 2. The Morgan fingerprint density at radius 1 is 0.289 bits per heavy atom. The molecule has 0 fully saturated rings. The Hall–Kier alpha value is -4.96. The van der Waals surface area contributed by atoms with Gasteiger partial charge in [-0.15, -0.1) is 0 Å². The number of hydrogen-bond acceptors (Lipinski definition) is 4. The second kappa shape index (κ2) is 9.49. The van der Waals surface area contributed by atoms with E-state index in [1.165, 1.54) is 0 Å². The summed E-state index contributed by atoms with van der Waals surface area (Å²) in [4.78, 5) is 21.0. The molecule has 0 N–H and O–H groups in total. The Morgan fingerprint density at radius 2 is 0.553 bits per heavy atom. The monoisotopic (exact) mass is 488 g/mol. The zero-order valence-corrected chi connectivity index (χ0v) is 20.8. The summed E-state index contributed by atoms with van der Waals surface area (Å²) in [5, 5.41) is 0. The van der Waals surface area contributed by atoms with Gasteiger partial charge < -0.3 is 0 Å². The summed E-state index contributed by atoms with van der Waals surface area (Å²) in [6.45, 7) is 0. The molecular formula is C34H24N4. The summed E-state index contributed by atoms with van der Waals surface area (Å²) in [7, 11) is 0. The van der Waals surface area contributed by atoms with Crippen molar-refractivity contribution in [2.75, 3.05) is 0 Å². The third-order valence-corrected chi connectivity index (χ3v) is 6.95. The highest BCUT2D eigenvalue weighted by Crippen LogP contribution is 2.39. The lowest BCUT2D eigenvalue weighted by atomic mass is 9.95. The van der Waals surface area contributed by atoms with Crippen LogP contribution < -0.4 is 0 Å². The fraction of sp³-hybridized carbons (Fsp3) is 0.0588. The van der Waals surface area contributed by atoms with Gasteiger partial charge in [-0.2, -0.15) is 0 Å². The van der Waals surface area contributed by atoms with Crippen LogP contribution in [0.5, 0.6) is 0 Å². The van der Waals surface area contributed by atoms with Crippen LogP contribution in [0.1, 0.15) is 11.4 Å². The molecule has 0 amide bonds. The molecule has 7 rings (SSSR count). The minimum Gasteiger partial charge on any atom is -0.248 e. The van der Waals surface area contributed by atoms with E-state index in [9.17, 15) is 0 Å². The van der Waals surface area contributed by atoms with E-state index < -0.39 is 0 Å². The largest absolute Gasteiger partial charge is 0.248 e. The van der Waals surface area contributed by atoms with Gasteiger partial charge in [0, 0.05) is 22.3 Å². The van der Waals surface area contributed by atoms with Gasteiger partial charge in [-0.05, 0) is 12.8 Å². The topological polar surface area (TPSA) is 51.6 Å². The molecule has 0 atom stereocenters. The predicted molar refractivity (Wildman–Crippen MR) is 152 cm³/mol. The van der Waals surface area contributed by atoms with Gasteiger partial charge in [0.25, 0.3) is 0 Å². The van der Waals surface area contributed by atoms with Crippen LogP contribution in [-0.4, -0.2) is 19.9 Å². The van der Waals surface area contributed by atoms with E-state index >= 15 is 0 Å². The van der Waals surface area contributed by atoms with Crippen LogP contribution in [0, 0.1) is 0 Å². The van der Waals surface area contributed by atoms with Crippen LogP contribution in [0.25, 0.3) is 56.4 Å². The van der Waals surface area contributed by atoms with Gasteiger partial charge in [-0.25, -0.2) is 19.9 Å². The van der Waals surface area contributed by atoms with Gasteiger partial charge >= 0.3 is 0 Å². The second-order valence-electron chi connectivity index (χ2n) is 9.40. The van der Waals surface area contributed by atoms with Gasteiger partial charge in [-0.3, -0.25) is 0 Å². The van der Waals surface area contributed by atoms with Crippen molar-refractivity contribution in [3.8, 4) is 56.4 Å². The first-order chi connectivity index (χ1) is 18.8. The van der Waals surface area contributed by atoms with E-state index in [2.05, 4.69) is 48.5 Å². The summed E-state index contributed by atoms with van der Waals surface area (Å²) < 4.78 is 0. The van der Waals surface area contributed by atoms with E-state index in [1.54, 1.807) is 0 Å². The average molecular weight is 489 g/mol. The quantitative estimate of drug-likeness (QED) is 0.255. The molecule has 0 unspecified atom stereocenters. The van der Waals surface area contributed by atoms with Gasteiger partial charge in [0.15, 0.2) is 0 Å². The Morgan fingerprint density at radius 3 is 0.842 bits per heavy atom. The molecule has 0 spiro atoms. The van der Waals surface area contributed by atoms with E-state index in [4.69, 9.17) is 19.9 Å². The smallest absolute Gasteiger partial charge is 0.113 e. The Balaban J connectivity index is 1.48. The highest BCUT2D eigenvalue weighted by atomic mass is 14.9. The molecular weight excluding hydrogens is 464 g/mol. The molecule has 180 valence electrons. The van der Waals surface area contributed by atoms with Crippen LogP contribution in [0.2, 0.25) is 0 Å². The van der Waals surface area contributed by atoms with Crippen molar-refractivity contribution < 1.29 is 0 Å². The summed E-state index contributed by atoms with van der Waals surface area (Å²) in [5.74, 6) is 0. The van der Waals surface area contributed by atoms with Crippen LogP contribution >= 0.6 is 0 Å². The van der Waals surface area contributed by atoms with Crippen molar-refractivity contribution in [3.05, 3.63) is 133 Å². The standard InChI is InChI=1S/C34H24N4/c1-5-13-23(14-6-1)29-31(25-17-9-3-10-18-25)37-33-27(35-29)21-22-28-34(33)38-32(26-19-11-4-12-20-26)30(36-28)24-15-7-2-8-16-24/h1-20H,21-22H2.